The lowest BCUT2D eigenvalue weighted by Crippen LogP contribution is -2.37. The third-order valence-corrected chi connectivity index (χ3v) is 5.61. The highest BCUT2D eigenvalue weighted by atomic mass is 32.1. The highest BCUT2D eigenvalue weighted by Gasteiger charge is 2.28. The molecule has 0 spiro atoms. The average molecular weight is 382 g/mol. The second-order valence-electron chi connectivity index (χ2n) is 6.31. The van der Waals surface area contributed by atoms with Crippen molar-refractivity contribution in [2.75, 3.05) is 18.4 Å². The fourth-order valence-electron chi connectivity index (χ4n) is 3.08. The number of carbonyl (C=O) groups excluding carboxylic acids is 2. The molecule has 1 aliphatic rings. The summed E-state index contributed by atoms with van der Waals surface area (Å²) in [6.45, 7) is 1.27. The van der Waals surface area contributed by atoms with Gasteiger partial charge in [0.25, 0.3) is 11.8 Å². The molecular weight excluding hydrogens is 364 g/mol. The van der Waals surface area contributed by atoms with Crippen molar-refractivity contribution in [2.24, 2.45) is 0 Å². The number of likely N-dealkylation sites (tertiary alicyclic amines) is 1. The van der Waals surface area contributed by atoms with E-state index in [1.807, 2.05) is 30.3 Å². The van der Waals surface area contributed by atoms with Crippen molar-refractivity contribution in [1.82, 2.24) is 15.1 Å². The van der Waals surface area contributed by atoms with Crippen LogP contribution < -0.4 is 5.32 Å². The number of amides is 2. The van der Waals surface area contributed by atoms with Crippen LogP contribution in [-0.2, 0) is 0 Å². The van der Waals surface area contributed by atoms with E-state index in [1.165, 1.54) is 17.6 Å². The summed E-state index contributed by atoms with van der Waals surface area (Å²) in [6.07, 6.45) is 3.09. The van der Waals surface area contributed by atoms with Gasteiger partial charge in [-0.15, -0.1) is 10.2 Å². The molecule has 8 heteroatoms. The lowest BCUT2D eigenvalue weighted by molar-refractivity contribution is 0.0680. The number of hydrogen-bond donors (Lipinski definition) is 1. The van der Waals surface area contributed by atoms with Gasteiger partial charge >= 0.3 is 0 Å². The summed E-state index contributed by atoms with van der Waals surface area (Å²) in [7, 11) is 0. The number of nitrogens with one attached hydrogen (secondary N) is 1. The first-order chi connectivity index (χ1) is 13.2. The van der Waals surface area contributed by atoms with Crippen LogP contribution in [-0.4, -0.2) is 40.0 Å². The second-order valence-corrected chi connectivity index (χ2v) is 7.32. The van der Waals surface area contributed by atoms with Crippen LogP contribution in [0.25, 0.3) is 0 Å². The van der Waals surface area contributed by atoms with Gasteiger partial charge in [-0.3, -0.25) is 9.59 Å². The van der Waals surface area contributed by atoms with Crippen LogP contribution in [0.4, 0.5) is 5.69 Å². The summed E-state index contributed by atoms with van der Waals surface area (Å²) in [5.41, 5.74) is 0.726. The highest BCUT2D eigenvalue weighted by molar-refractivity contribution is 7.13. The molecule has 3 aromatic rings. The lowest BCUT2D eigenvalue weighted by Gasteiger charge is -2.30. The maximum Gasteiger partial charge on any atom is 0.289 e. The Kier molecular flexibility index (Phi) is 4.97. The summed E-state index contributed by atoms with van der Waals surface area (Å²) in [6, 6.07) is 12.6. The van der Waals surface area contributed by atoms with E-state index < -0.39 is 0 Å². The number of furan rings is 1. The van der Waals surface area contributed by atoms with Gasteiger partial charge in [0, 0.05) is 24.7 Å². The first-order valence-electron chi connectivity index (χ1n) is 8.73. The van der Waals surface area contributed by atoms with E-state index in [9.17, 15) is 9.59 Å². The van der Waals surface area contributed by atoms with Gasteiger partial charge in [-0.25, -0.2) is 0 Å². The topological polar surface area (TPSA) is 88.3 Å². The number of nitrogens with zero attached hydrogens (tertiary/aromatic N) is 3. The van der Waals surface area contributed by atoms with Gasteiger partial charge in [-0.05, 0) is 37.1 Å². The Labute approximate surface area is 160 Å². The standard InChI is InChI=1S/C19H18N4O3S/c24-16(20-14-5-2-1-3-6-14)18-22-21-17(27-18)13-8-10-23(11-9-13)19(25)15-7-4-12-26-15/h1-7,12-13H,8-11H2,(H,20,24). The number of piperidine rings is 1. The molecule has 4 rings (SSSR count). The minimum atomic E-state index is -0.254. The van der Waals surface area contributed by atoms with Gasteiger partial charge in [0.15, 0.2) is 5.76 Å². The monoisotopic (exact) mass is 382 g/mol. The van der Waals surface area contributed by atoms with Crippen molar-refractivity contribution in [3.05, 3.63) is 64.5 Å². The zero-order valence-electron chi connectivity index (χ0n) is 14.5. The molecular formula is C19H18N4O3S. The van der Waals surface area contributed by atoms with Gasteiger partial charge in [0.05, 0.1) is 6.26 Å². The molecule has 1 fully saturated rings. The molecule has 2 aromatic heterocycles. The molecule has 1 aliphatic heterocycles. The quantitative estimate of drug-likeness (QED) is 0.747. The predicted octanol–water partition coefficient (Wildman–Crippen LogP) is 3.40. The Morgan fingerprint density at radius 3 is 2.56 bits per heavy atom. The molecule has 138 valence electrons. The van der Waals surface area contributed by atoms with Crippen LogP contribution >= 0.6 is 11.3 Å². The first kappa shape index (κ1) is 17.4. The number of anilines is 1. The van der Waals surface area contributed by atoms with Crippen molar-refractivity contribution in [3.63, 3.8) is 0 Å². The first-order valence-corrected chi connectivity index (χ1v) is 9.55. The maximum atomic E-state index is 12.3. The number of benzene rings is 1. The SMILES string of the molecule is O=C(Nc1ccccc1)c1nnc(C2CCN(C(=O)c3ccco3)CC2)s1. The minimum absolute atomic E-state index is 0.0846. The van der Waals surface area contributed by atoms with Crippen molar-refractivity contribution in [2.45, 2.75) is 18.8 Å². The molecule has 0 radical (unpaired) electrons. The van der Waals surface area contributed by atoms with Crippen LogP contribution in [0.5, 0.6) is 0 Å². The van der Waals surface area contributed by atoms with E-state index in [-0.39, 0.29) is 17.7 Å². The summed E-state index contributed by atoms with van der Waals surface area (Å²) in [4.78, 5) is 26.4. The third-order valence-electron chi connectivity index (χ3n) is 4.53. The third kappa shape index (κ3) is 3.90. The summed E-state index contributed by atoms with van der Waals surface area (Å²) in [5, 5.41) is 12.3. The van der Waals surface area contributed by atoms with Crippen molar-refractivity contribution >= 4 is 28.8 Å². The molecule has 1 N–H and O–H groups in total. The molecule has 3 heterocycles. The van der Waals surface area contributed by atoms with E-state index in [1.54, 1.807) is 17.0 Å². The number of para-hydroxylation sites is 1. The van der Waals surface area contributed by atoms with Crippen LogP contribution in [0.3, 0.4) is 0 Å². The Balaban J connectivity index is 1.35. The Morgan fingerprint density at radius 1 is 1.07 bits per heavy atom. The average Bonchev–Trinajstić information content (AvgIpc) is 3.41. The Bertz CT molecular complexity index is 916. The molecule has 2 amide bonds. The van der Waals surface area contributed by atoms with Gasteiger partial charge in [0.2, 0.25) is 5.01 Å². The fraction of sp³-hybridized carbons (Fsp3) is 0.263. The molecule has 7 nitrogen and oxygen atoms in total. The van der Waals surface area contributed by atoms with E-state index in [2.05, 4.69) is 15.5 Å². The van der Waals surface area contributed by atoms with E-state index in [0.29, 0.717) is 23.9 Å². The van der Waals surface area contributed by atoms with E-state index in [4.69, 9.17) is 4.42 Å². The van der Waals surface area contributed by atoms with E-state index >= 15 is 0 Å². The zero-order valence-corrected chi connectivity index (χ0v) is 15.3. The number of aromatic nitrogens is 2. The highest BCUT2D eigenvalue weighted by Crippen LogP contribution is 2.31. The predicted molar refractivity (Wildman–Crippen MR) is 101 cm³/mol. The molecule has 0 aliphatic carbocycles. The van der Waals surface area contributed by atoms with E-state index in [0.717, 1.165) is 23.5 Å². The zero-order chi connectivity index (χ0) is 18.6. The molecule has 0 bridgehead atoms. The molecule has 27 heavy (non-hydrogen) atoms. The van der Waals surface area contributed by atoms with Crippen LogP contribution in [0.1, 0.15) is 44.1 Å². The molecule has 0 unspecified atom stereocenters. The second kappa shape index (κ2) is 7.71. The van der Waals surface area contributed by atoms with Crippen LogP contribution in [0, 0.1) is 0 Å². The maximum absolute atomic E-state index is 12.3. The van der Waals surface area contributed by atoms with Gasteiger partial charge in [-0.2, -0.15) is 0 Å². The van der Waals surface area contributed by atoms with Gasteiger partial charge < -0.3 is 14.6 Å². The largest absolute Gasteiger partial charge is 0.459 e. The summed E-state index contributed by atoms with van der Waals surface area (Å²) < 4.78 is 5.18. The van der Waals surface area contributed by atoms with Crippen LogP contribution in [0.2, 0.25) is 0 Å². The summed E-state index contributed by atoms with van der Waals surface area (Å²) >= 11 is 1.32. The lowest BCUT2D eigenvalue weighted by atomic mass is 9.97. The van der Waals surface area contributed by atoms with Gasteiger partial charge in [-0.1, -0.05) is 29.5 Å². The Hall–Kier alpha value is -3.00. The molecule has 0 atom stereocenters. The summed E-state index contributed by atoms with van der Waals surface area (Å²) in [5.74, 6) is 0.236. The fourth-order valence-corrected chi connectivity index (χ4v) is 3.99. The number of rotatable bonds is 4. The van der Waals surface area contributed by atoms with Crippen molar-refractivity contribution in [3.8, 4) is 0 Å². The minimum Gasteiger partial charge on any atom is -0.459 e. The number of carbonyl (C=O) groups is 2. The molecule has 1 aromatic carbocycles. The van der Waals surface area contributed by atoms with Gasteiger partial charge in [0.1, 0.15) is 5.01 Å². The smallest absolute Gasteiger partial charge is 0.289 e. The van der Waals surface area contributed by atoms with Crippen LogP contribution in [0.15, 0.2) is 53.1 Å². The van der Waals surface area contributed by atoms with Crippen molar-refractivity contribution < 1.29 is 14.0 Å². The molecule has 0 saturated carbocycles. The normalized spacial score (nSPS) is 14.9. The number of hydrogen-bond acceptors (Lipinski definition) is 6. The van der Waals surface area contributed by atoms with Crippen molar-refractivity contribution in [1.29, 1.82) is 0 Å². The Morgan fingerprint density at radius 2 is 1.85 bits per heavy atom. The molecule has 1 saturated heterocycles.